The van der Waals surface area contributed by atoms with Crippen molar-refractivity contribution in [2.45, 2.75) is 47.0 Å². The molecular weight excluding hydrogens is 260 g/mol. The van der Waals surface area contributed by atoms with Crippen molar-refractivity contribution in [1.29, 1.82) is 0 Å². The molecule has 0 saturated heterocycles. The van der Waals surface area contributed by atoms with Gasteiger partial charge in [-0.15, -0.1) is 0 Å². The third-order valence-corrected chi connectivity index (χ3v) is 4.29. The van der Waals surface area contributed by atoms with E-state index in [9.17, 15) is 4.79 Å². The van der Waals surface area contributed by atoms with Crippen molar-refractivity contribution < 1.29 is 9.21 Å². The molecule has 2 heteroatoms. The van der Waals surface area contributed by atoms with Crippen molar-refractivity contribution in [3.05, 3.63) is 47.0 Å². The Morgan fingerprint density at radius 1 is 1.29 bits per heavy atom. The number of carbonyl (C=O) groups is 1. The van der Waals surface area contributed by atoms with Gasteiger partial charge < -0.3 is 4.42 Å². The van der Waals surface area contributed by atoms with Crippen LogP contribution in [-0.2, 0) is 4.79 Å². The standard InChI is InChI=1S/C19H24O2/c1-14-6-5-12-19(3,4)17(14)9-7-16-8-10-18(21-16)15(2)11-13-20/h7-11,13H,5-6,12H2,1-4H3/b9-7+,15-11+. The summed E-state index contributed by atoms with van der Waals surface area (Å²) in [6.45, 7) is 8.71. The van der Waals surface area contributed by atoms with Gasteiger partial charge in [0, 0.05) is 0 Å². The number of rotatable bonds is 4. The number of furan rings is 1. The first-order chi connectivity index (χ1) is 9.94. The lowest BCUT2D eigenvalue weighted by Crippen LogP contribution is -2.18. The van der Waals surface area contributed by atoms with Crippen LogP contribution in [0.4, 0.5) is 0 Å². The minimum Gasteiger partial charge on any atom is -0.457 e. The second kappa shape index (κ2) is 6.30. The molecule has 0 aliphatic heterocycles. The van der Waals surface area contributed by atoms with E-state index in [4.69, 9.17) is 4.42 Å². The fourth-order valence-electron chi connectivity index (χ4n) is 3.01. The lowest BCUT2D eigenvalue weighted by Gasteiger charge is -2.32. The van der Waals surface area contributed by atoms with Crippen LogP contribution in [0.2, 0.25) is 0 Å². The number of allylic oxidation sites excluding steroid dienone is 5. The largest absolute Gasteiger partial charge is 0.457 e. The Labute approximate surface area is 127 Å². The van der Waals surface area contributed by atoms with Crippen LogP contribution in [0.5, 0.6) is 0 Å². The molecule has 2 nitrogen and oxygen atoms in total. The first kappa shape index (κ1) is 15.6. The van der Waals surface area contributed by atoms with Crippen LogP contribution in [0.15, 0.2) is 39.8 Å². The molecule has 0 saturated carbocycles. The first-order valence-corrected chi connectivity index (χ1v) is 7.54. The van der Waals surface area contributed by atoms with E-state index in [1.807, 2.05) is 25.1 Å². The lowest BCUT2D eigenvalue weighted by molar-refractivity contribution is -0.104. The Morgan fingerprint density at radius 3 is 2.71 bits per heavy atom. The van der Waals surface area contributed by atoms with Crippen molar-refractivity contribution in [3.63, 3.8) is 0 Å². The Morgan fingerprint density at radius 2 is 2.05 bits per heavy atom. The second-order valence-corrected chi connectivity index (χ2v) is 6.45. The highest BCUT2D eigenvalue weighted by Crippen LogP contribution is 2.41. The van der Waals surface area contributed by atoms with E-state index in [2.05, 4.69) is 26.8 Å². The summed E-state index contributed by atoms with van der Waals surface area (Å²) in [5.74, 6) is 1.57. The second-order valence-electron chi connectivity index (χ2n) is 6.45. The zero-order valence-electron chi connectivity index (χ0n) is 13.4. The van der Waals surface area contributed by atoms with E-state index < -0.39 is 0 Å². The van der Waals surface area contributed by atoms with Gasteiger partial charge in [-0.3, -0.25) is 4.79 Å². The quantitative estimate of drug-likeness (QED) is 0.545. The van der Waals surface area contributed by atoms with E-state index in [1.165, 1.54) is 36.5 Å². The van der Waals surface area contributed by atoms with Crippen LogP contribution in [0.3, 0.4) is 0 Å². The lowest BCUT2D eigenvalue weighted by atomic mass is 9.72. The van der Waals surface area contributed by atoms with Crippen molar-refractivity contribution >= 4 is 17.9 Å². The molecule has 1 heterocycles. The summed E-state index contributed by atoms with van der Waals surface area (Å²) < 4.78 is 5.76. The Bertz CT molecular complexity index is 609. The molecule has 0 radical (unpaired) electrons. The van der Waals surface area contributed by atoms with Gasteiger partial charge in [0.25, 0.3) is 0 Å². The van der Waals surface area contributed by atoms with Gasteiger partial charge in [-0.1, -0.05) is 25.5 Å². The van der Waals surface area contributed by atoms with Crippen molar-refractivity contribution in [3.8, 4) is 0 Å². The van der Waals surface area contributed by atoms with Gasteiger partial charge in [-0.05, 0) is 74.0 Å². The smallest absolute Gasteiger partial charge is 0.143 e. The highest BCUT2D eigenvalue weighted by molar-refractivity contribution is 5.79. The SMILES string of the molecule is CC1=C(/C=C/c2ccc(/C(C)=C/C=O)o2)C(C)(C)CCC1. The number of carbonyl (C=O) groups excluding carboxylic acids is 1. The average Bonchev–Trinajstić information content (AvgIpc) is 2.86. The summed E-state index contributed by atoms with van der Waals surface area (Å²) in [5.41, 5.74) is 3.98. The summed E-state index contributed by atoms with van der Waals surface area (Å²) in [7, 11) is 0. The Kier molecular flexibility index (Phi) is 4.66. The fourth-order valence-corrected chi connectivity index (χ4v) is 3.01. The fraction of sp³-hybridized carbons (Fsp3) is 0.421. The summed E-state index contributed by atoms with van der Waals surface area (Å²) >= 11 is 0. The number of hydrogen-bond donors (Lipinski definition) is 0. The van der Waals surface area contributed by atoms with Gasteiger partial charge in [0.05, 0.1) is 0 Å². The predicted octanol–water partition coefficient (Wildman–Crippen LogP) is 5.42. The topological polar surface area (TPSA) is 30.2 Å². The van der Waals surface area contributed by atoms with Crippen molar-refractivity contribution in [2.75, 3.05) is 0 Å². The molecule has 0 bridgehead atoms. The molecule has 0 spiro atoms. The third-order valence-electron chi connectivity index (χ3n) is 4.29. The third kappa shape index (κ3) is 3.63. The highest BCUT2D eigenvalue weighted by Gasteiger charge is 2.26. The maximum absolute atomic E-state index is 10.5. The molecular formula is C19H24O2. The highest BCUT2D eigenvalue weighted by atomic mass is 16.3. The molecule has 0 fully saturated rings. The molecule has 1 aromatic rings. The first-order valence-electron chi connectivity index (χ1n) is 7.54. The molecule has 1 aromatic heterocycles. The Hall–Kier alpha value is -1.83. The van der Waals surface area contributed by atoms with Crippen LogP contribution in [-0.4, -0.2) is 6.29 Å². The monoisotopic (exact) mass is 284 g/mol. The van der Waals surface area contributed by atoms with Crippen LogP contribution >= 0.6 is 0 Å². The summed E-state index contributed by atoms with van der Waals surface area (Å²) in [4.78, 5) is 10.5. The zero-order valence-corrected chi connectivity index (χ0v) is 13.4. The van der Waals surface area contributed by atoms with Crippen LogP contribution in [0, 0.1) is 5.41 Å². The molecule has 21 heavy (non-hydrogen) atoms. The number of aldehydes is 1. The normalized spacial score (nSPS) is 19.3. The van der Waals surface area contributed by atoms with Gasteiger partial charge in [0.2, 0.25) is 0 Å². The summed E-state index contributed by atoms with van der Waals surface area (Å²) in [5, 5.41) is 0. The minimum atomic E-state index is 0.238. The van der Waals surface area contributed by atoms with E-state index >= 15 is 0 Å². The van der Waals surface area contributed by atoms with Crippen LogP contribution in [0.25, 0.3) is 11.6 Å². The average molecular weight is 284 g/mol. The van der Waals surface area contributed by atoms with Gasteiger partial charge in [-0.25, -0.2) is 0 Å². The molecule has 112 valence electrons. The predicted molar refractivity (Wildman–Crippen MR) is 87.8 cm³/mol. The van der Waals surface area contributed by atoms with Crippen molar-refractivity contribution in [1.82, 2.24) is 0 Å². The molecule has 0 amide bonds. The summed E-state index contributed by atoms with van der Waals surface area (Å²) in [6, 6.07) is 3.85. The van der Waals surface area contributed by atoms with Gasteiger partial charge in [0.15, 0.2) is 0 Å². The van der Waals surface area contributed by atoms with Crippen LogP contribution < -0.4 is 0 Å². The van der Waals surface area contributed by atoms with E-state index in [1.54, 1.807) is 0 Å². The molecule has 0 N–H and O–H groups in total. The molecule has 2 rings (SSSR count). The zero-order chi connectivity index (χ0) is 15.5. The van der Waals surface area contributed by atoms with Gasteiger partial charge in [0.1, 0.15) is 17.8 Å². The van der Waals surface area contributed by atoms with E-state index in [-0.39, 0.29) is 5.41 Å². The molecule has 1 aliphatic rings. The number of hydrogen-bond acceptors (Lipinski definition) is 2. The molecule has 0 aromatic carbocycles. The molecule has 0 atom stereocenters. The summed E-state index contributed by atoms with van der Waals surface area (Å²) in [6.07, 6.45) is 10.2. The van der Waals surface area contributed by atoms with Gasteiger partial charge in [-0.2, -0.15) is 0 Å². The minimum absolute atomic E-state index is 0.238. The molecule has 1 aliphatic carbocycles. The van der Waals surface area contributed by atoms with Crippen LogP contribution in [0.1, 0.15) is 58.5 Å². The van der Waals surface area contributed by atoms with E-state index in [0.717, 1.165) is 23.4 Å². The molecule has 0 unspecified atom stereocenters. The van der Waals surface area contributed by atoms with Crippen molar-refractivity contribution in [2.24, 2.45) is 5.41 Å². The van der Waals surface area contributed by atoms with E-state index in [0.29, 0.717) is 0 Å². The maximum Gasteiger partial charge on any atom is 0.143 e. The van der Waals surface area contributed by atoms with Gasteiger partial charge >= 0.3 is 0 Å². The maximum atomic E-state index is 10.5. The Balaban J connectivity index is 2.22.